The molecule has 4 nitrogen and oxygen atoms in total. The lowest BCUT2D eigenvalue weighted by molar-refractivity contribution is 0.0737. The zero-order chi connectivity index (χ0) is 12.5. The summed E-state index contributed by atoms with van der Waals surface area (Å²) in [4.78, 5) is 14.4. The van der Waals surface area contributed by atoms with Gasteiger partial charge in [0.15, 0.2) is 0 Å². The van der Waals surface area contributed by atoms with E-state index in [1.54, 1.807) is 24.3 Å². The molecule has 0 bridgehead atoms. The van der Waals surface area contributed by atoms with Gasteiger partial charge in [-0.05, 0) is 36.6 Å². The highest BCUT2D eigenvalue weighted by Crippen LogP contribution is 2.28. The summed E-state index contributed by atoms with van der Waals surface area (Å²) < 4.78 is 0. The number of nitrogens with zero attached hydrogens (tertiary/aromatic N) is 2. The Bertz CT molecular complexity index is 503. The third-order valence-corrected chi connectivity index (χ3v) is 3.97. The van der Waals surface area contributed by atoms with E-state index in [2.05, 4.69) is 11.4 Å². The molecule has 92 valence electrons. The van der Waals surface area contributed by atoms with Gasteiger partial charge in [-0.3, -0.25) is 4.79 Å². The first kappa shape index (κ1) is 11.2. The Morgan fingerprint density at radius 1 is 1.33 bits per heavy atom. The Labute approximate surface area is 106 Å². The maximum Gasteiger partial charge on any atom is 0.254 e. The van der Waals surface area contributed by atoms with Crippen LogP contribution in [0.2, 0.25) is 0 Å². The van der Waals surface area contributed by atoms with Crippen molar-refractivity contribution in [1.29, 1.82) is 5.26 Å². The van der Waals surface area contributed by atoms with Crippen molar-refractivity contribution in [3.63, 3.8) is 0 Å². The number of hydrogen-bond acceptors (Lipinski definition) is 3. The number of amides is 1. The second-order valence-corrected chi connectivity index (χ2v) is 4.96. The summed E-state index contributed by atoms with van der Waals surface area (Å²) in [5.41, 5.74) is 1.27. The molecule has 0 unspecified atom stereocenters. The molecule has 2 heterocycles. The van der Waals surface area contributed by atoms with Crippen LogP contribution in [-0.2, 0) is 0 Å². The zero-order valence-corrected chi connectivity index (χ0v) is 10.1. The number of rotatable bonds is 1. The Kier molecular flexibility index (Phi) is 2.77. The molecule has 0 spiro atoms. The van der Waals surface area contributed by atoms with Gasteiger partial charge in [0, 0.05) is 31.2 Å². The lowest BCUT2D eigenvalue weighted by Crippen LogP contribution is -2.39. The molecular formula is C14H15N3O. The van der Waals surface area contributed by atoms with Crippen LogP contribution in [-0.4, -0.2) is 36.5 Å². The maximum absolute atomic E-state index is 12.4. The first-order valence-electron chi connectivity index (χ1n) is 6.31. The molecule has 1 aromatic carbocycles. The SMILES string of the molecule is N#Cc1ccc(C(=O)N2CC[C@H]3CNC[C@H]32)cc1. The van der Waals surface area contributed by atoms with Crippen molar-refractivity contribution in [3.8, 4) is 6.07 Å². The Hall–Kier alpha value is -1.86. The van der Waals surface area contributed by atoms with Crippen molar-refractivity contribution in [1.82, 2.24) is 10.2 Å². The van der Waals surface area contributed by atoms with E-state index < -0.39 is 0 Å². The zero-order valence-electron chi connectivity index (χ0n) is 10.1. The van der Waals surface area contributed by atoms with Crippen molar-refractivity contribution in [3.05, 3.63) is 35.4 Å². The van der Waals surface area contributed by atoms with Gasteiger partial charge in [0.05, 0.1) is 11.6 Å². The van der Waals surface area contributed by atoms with Crippen LogP contribution in [0, 0.1) is 17.2 Å². The molecular weight excluding hydrogens is 226 g/mol. The van der Waals surface area contributed by atoms with Crippen molar-refractivity contribution in [2.75, 3.05) is 19.6 Å². The highest BCUT2D eigenvalue weighted by atomic mass is 16.2. The number of likely N-dealkylation sites (tertiary alicyclic amines) is 1. The number of carbonyl (C=O) groups is 1. The number of hydrogen-bond donors (Lipinski definition) is 1. The standard InChI is InChI=1S/C14H15N3O/c15-7-10-1-3-11(4-2-10)14(18)17-6-5-12-8-16-9-13(12)17/h1-4,12-13,16H,5-6,8-9H2/t12-,13+/m0/s1. The molecule has 2 fully saturated rings. The second kappa shape index (κ2) is 4.43. The van der Waals surface area contributed by atoms with E-state index >= 15 is 0 Å². The van der Waals surface area contributed by atoms with E-state index in [0.717, 1.165) is 26.1 Å². The van der Waals surface area contributed by atoms with E-state index in [9.17, 15) is 4.79 Å². The average Bonchev–Trinajstić information content (AvgIpc) is 3.00. The number of nitrogens with one attached hydrogen (secondary N) is 1. The fourth-order valence-corrected chi connectivity index (χ4v) is 2.95. The van der Waals surface area contributed by atoms with E-state index in [4.69, 9.17) is 5.26 Å². The van der Waals surface area contributed by atoms with Gasteiger partial charge in [0.25, 0.3) is 5.91 Å². The van der Waals surface area contributed by atoms with Crippen LogP contribution in [0.3, 0.4) is 0 Å². The fraction of sp³-hybridized carbons (Fsp3) is 0.429. The first-order valence-corrected chi connectivity index (χ1v) is 6.31. The maximum atomic E-state index is 12.4. The van der Waals surface area contributed by atoms with Crippen LogP contribution in [0.4, 0.5) is 0 Å². The van der Waals surface area contributed by atoms with E-state index in [1.165, 1.54) is 0 Å². The molecule has 0 aromatic heterocycles. The Morgan fingerprint density at radius 3 is 2.83 bits per heavy atom. The minimum absolute atomic E-state index is 0.0932. The van der Waals surface area contributed by atoms with Crippen LogP contribution in [0.5, 0.6) is 0 Å². The predicted molar refractivity (Wildman–Crippen MR) is 67.0 cm³/mol. The fourth-order valence-electron chi connectivity index (χ4n) is 2.95. The van der Waals surface area contributed by atoms with Gasteiger partial charge in [-0.15, -0.1) is 0 Å². The number of fused-ring (bicyclic) bond motifs is 1. The highest BCUT2D eigenvalue weighted by molar-refractivity contribution is 5.94. The summed E-state index contributed by atoms with van der Waals surface area (Å²) in [6, 6.07) is 9.32. The Balaban J connectivity index is 1.80. The lowest BCUT2D eigenvalue weighted by Gasteiger charge is -2.23. The molecule has 0 radical (unpaired) electrons. The summed E-state index contributed by atoms with van der Waals surface area (Å²) in [5, 5.41) is 12.1. The second-order valence-electron chi connectivity index (χ2n) is 4.96. The molecule has 1 amide bonds. The topological polar surface area (TPSA) is 56.1 Å². The Morgan fingerprint density at radius 2 is 2.11 bits per heavy atom. The molecule has 1 aromatic rings. The molecule has 2 aliphatic rings. The van der Waals surface area contributed by atoms with Crippen molar-refractivity contribution in [2.45, 2.75) is 12.5 Å². The average molecular weight is 241 g/mol. The van der Waals surface area contributed by atoms with E-state index in [0.29, 0.717) is 23.1 Å². The van der Waals surface area contributed by atoms with Gasteiger partial charge in [-0.25, -0.2) is 0 Å². The smallest absolute Gasteiger partial charge is 0.254 e. The highest BCUT2D eigenvalue weighted by Gasteiger charge is 2.39. The molecule has 0 aliphatic carbocycles. The van der Waals surface area contributed by atoms with Crippen LogP contribution < -0.4 is 5.32 Å². The van der Waals surface area contributed by atoms with E-state index in [1.807, 2.05) is 4.90 Å². The molecule has 2 atom stereocenters. The molecule has 1 N–H and O–H groups in total. The summed E-state index contributed by atoms with van der Waals surface area (Å²) in [5.74, 6) is 0.711. The lowest BCUT2D eigenvalue weighted by atomic mass is 10.0. The minimum atomic E-state index is 0.0932. The van der Waals surface area contributed by atoms with Crippen molar-refractivity contribution < 1.29 is 4.79 Å². The van der Waals surface area contributed by atoms with Gasteiger partial charge >= 0.3 is 0 Å². The minimum Gasteiger partial charge on any atom is -0.334 e. The van der Waals surface area contributed by atoms with Gasteiger partial charge < -0.3 is 10.2 Å². The van der Waals surface area contributed by atoms with Crippen LogP contribution in [0.1, 0.15) is 22.3 Å². The van der Waals surface area contributed by atoms with Crippen molar-refractivity contribution >= 4 is 5.91 Å². The molecule has 2 aliphatic heterocycles. The summed E-state index contributed by atoms with van der Waals surface area (Å²) >= 11 is 0. The van der Waals surface area contributed by atoms with E-state index in [-0.39, 0.29) is 5.91 Å². The van der Waals surface area contributed by atoms with Crippen molar-refractivity contribution in [2.24, 2.45) is 5.92 Å². The molecule has 0 saturated carbocycles. The first-order chi connectivity index (χ1) is 8.79. The summed E-state index contributed by atoms with van der Waals surface area (Å²) in [7, 11) is 0. The van der Waals surface area contributed by atoms with Gasteiger partial charge in [0.1, 0.15) is 0 Å². The quantitative estimate of drug-likeness (QED) is 0.797. The number of carbonyl (C=O) groups excluding carboxylic acids is 1. The molecule has 4 heteroatoms. The summed E-state index contributed by atoms with van der Waals surface area (Å²) in [6.45, 7) is 2.80. The molecule has 3 rings (SSSR count). The predicted octanol–water partition coefficient (Wildman–Crippen LogP) is 0.992. The summed E-state index contributed by atoms with van der Waals surface area (Å²) in [6.07, 6.45) is 1.10. The number of nitriles is 1. The largest absolute Gasteiger partial charge is 0.334 e. The monoisotopic (exact) mass is 241 g/mol. The number of benzene rings is 1. The van der Waals surface area contributed by atoms with Crippen LogP contribution in [0.25, 0.3) is 0 Å². The molecule has 18 heavy (non-hydrogen) atoms. The third kappa shape index (κ3) is 1.77. The molecule has 2 saturated heterocycles. The van der Waals surface area contributed by atoms with Gasteiger partial charge in [0.2, 0.25) is 0 Å². The van der Waals surface area contributed by atoms with Gasteiger partial charge in [-0.1, -0.05) is 0 Å². The van der Waals surface area contributed by atoms with Gasteiger partial charge in [-0.2, -0.15) is 5.26 Å². The van der Waals surface area contributed by atoms with Crippen LogP contribution in [0.15, 0.2) is 24.3 Å². The third-order valence-electron chi connectivity index (χ3n) is 3.97. The normalized spacial score (nSPS) is 25.8. The van der Waals surface area contributed by atoms with Crippen LogP contribution >= 0.6 is 0 Å².